The van der Waals surface area contributed by atoms with E-state index in [0.29, 0.717) is 6.07 Å². The van der Waals surface area contributed by atoms with E-state index in [1.807, 2.05) is 0 Å². The first-order chi connectivity index (χ1) is 10.4. The molecule has 0 unspecified atom stereocenters. The maximum absolute atomic E-state index is 12.8. The zero-order valence-electron chi connectivity index (χ0n) is 13.4. The number of hydrogen-bond donors (Lipinski definition) is 1. The smallest absolute Gasteiger partial charge is 0.433 e. The molecular formula is C15H19F3N2O3. The topological polar surface area (TPSA) is 68.3 Å². The molecule has 1 heterocycles. The Kier molecular flexibility index (Phi) is 5.74. The van der Waals surface area contributed by atoms with Gasteiger partial charge in [-0.1, -0.05) is 0 Å². The van der Waals surface area contributed by atoms with Crippen molar-refractivity contribution in [3.05, 3.63) is 29.1 Å². The second-order valence-corrected chi connectivity index (χ2v) is 5.97. The van der Waals surface area contributed by atoms with Crippen LogP contribution in [-0.2, 0) is 17.3 Å². The highest BCUT2D eigenvalue weighted by Crippen LogP contribution is 2.28. The molecule has 0 aliphatic heterocycles. The van der Waals surface area contributed by atoms with Gasteiger partial charge in [0.2, 0.25) is 0 Å². The van der Waals surface area contributed by atoms with E-state index < -0.39 is 29.3 Å². The van der Waals surface area contributed by atoms with Crippen LogP contribution in [0.15, 0.2) is 12.1 Å². The molecule has 0 saturated heterocycles. The number of ketones is 1. The Hall–Kier alpha value is -2.12. The lowest BCUT2D eigenvalue weighted by Crippen LogP contribution is -2.33. The molecule has 1 amide bonds. The maximum Gasteiger partial charge on any atom is 0.433 e. The minimum absolute atomic E-state index is 0.0422. The summed E-state index contributed by atoms with van der Waals surface area (Å²) in [6.45, 7) is 6.30. The van der Waals surface area contributed by atoms with Gasteiger partial charge in [-0.2, -0.15) is 13.2 Å². The van der Waals surface area contributed by atoms with Crippen molar-refractivity contribution in [3.8, 4) is 0 Å². The molecule has 0 atom stereocenters. The molecule has 0 aliphatic rings. The largest absolute Gasteiger partial charge is 0.444 e. The van der Waals surface area contributed by atoms with E-state index in [4.69, 9.17) is 4.74 Å². The summed E-state index contributed by atoms with van der Waals surface area (Å²) in [4.78, 5) is 26.3. The summed E-state index contributed by atoms with van der Waals surface area (Å²) in [6, 6.07) is 2.00. The van der Waals surface area contributed by atoms with Crippen LogP contribution in [0.2, 0.25) is 0 Å². The van der Waals surface area contributed by atoms with Crippen molar-refractivity contribution in [2.45, 2.75) is 45.9 Å². The number of nitrogens with zero attached hydrogens (tertiary/aromatic N) is 1. The summed E-state index contributed by atoms with van der Waals surface area (Å²) < 4.78 is 43.4. The van der Waals surface area contributed by atoms with Crippen molar-refractivity contribution in [1.29, 1.82) is 0 Å². The van der Waals surface area contributed by atoms with Crippen LogP contribution >= 0.6 is 0 Å². The van der Waals surface area contributed by atoms with Gasteiger partial charge in [-0.25, -0.2) is 9.78 Å². The van der Waals surface area contributed by atoms with Crippen LogP contribution in [-0.4, -0.2) is 29.0 Å². The summed E-state index contributed by atoms with van der Waals surface area (Å²) >= 11 is 0. The zero-order chi connectivity index (χ0) is 17.8. The highest BCUT2D eigenvalue weighted by molar-refractivity contribution is 5.94. The fourth-order valence-corrected chi connectivity index (χ4v) is 1.67. The number of halogens is 3. The average molecular weight is 332 g/mol. The predicted molar refractivity (Wildman–Crippen MR) is 77.2 cm³/mol. The van der Waals surface area contributed by atoms with Crippen molar-refractivity contribution >= 4 is 11.9 Å². The van der Waals surface area contributed by atoms with Crippen molar-refractivity contribution in [2.24, 2.45) is 0 Å². The number of Topliss-reactive ketones (excluding diaryl/α,β-unsaturated/α-hetero) is 1. The van der Waals surface area contributed by atoms with Crippen molar-refractivity contribution in [1.82, 2.24) is 10.3 Å². The fourth-order valence-electron chi connectivity index (χ4n) is 1.67. The number of nitrogens with one attached hydrogen (secondary N) is 1. The number of carbonyl (C=O) groups excluding carboxylic acids is 2. The summed E-state index contributed by atoms with van der Waals surface area (Å²) in [5, 5.41) is 2.43. The molecule has 5 nitrogen and oxygen atoms in total. The number of alkyl carbamates (subject to hydrolysis) is 1. The molecule has 23 heavy (non-hydrogen) atoms. The van der Waals surface area contributed by atoms with Crippen LogP contribution in [0.1, 0.15) is 49.4 Å². The molecule has 1 N–H and O–H groups in total. The second kappa shape index (κ2) is 6.97. The van der Waals surface area contributed by atoms with E-state index in [9.17, 15) is 22.8 Å². The molecule has 0 aliphatic carbocycles. The maximum atomic E-state index is 12.8. The van der Waals surface area contributed by atoms with E-state index in [0.717, 1.165) is 0 Å². The lowest BCUT2D eigenvalue weighted by Gasteiger charge is -2.19. The molecule has 1 rings (SSSR count). The first kappa shape index (κ1) is 18.9. The van der Waals surface area contributed by atoms with Crippen LogP contribution in [0.4, 0.5) is 18.0 Å². The summed E-state index contributed by atoms with van der Waals surface area (Å²) in [5.74, 6) is -0.487. The Bertz CT molecular complexity index is 593. The number of pyridine rings is 1. The molecule has 0 saturated carbocycles. The van der Waals surface area contributed by atoms with Crippen LogP contribution in [0.5, 0.6) is 0 Å². The number of hydrogen-bond acceptors (Lipinski definition) is 4. The summed E-state index contributed by atoms with van der Waals surface area (Å²) in [6.07, 6.45) is -5.27. The normalized spacial score (nSPS) is 12.0. The van der Waals surface area contributed by atoms with Gasteiger partial charge in [0, 0.05) is 24.2 Å². The Morgan fingerprint density at radius 2 is 1.83 bits per heavy atom. The third kappa shape index (κ3) is 6.66. The summed E-state index contributed by atoms with van der Waals surface area (Å²) in [7, 11) is 0. The van der Waals surface area contributed by atoms with Crippen molar-refractivity contribution < 1.29 is 27.5 Å². The molecule has 0 radical (unpaired) electrons. The Morgan fingerprint density at radius 3 is 2.30 bits per heavy atom. The van der Waals surface area contributed by atoms with Crippen LogP contribution < -0.4 is 5.32 Å². The number of rotatable bonds is 4. The van der Waals surface area contributed by atoms with Crippen molar-refractivity contribution in [2.75, 3.05) is 6.54 Å². The average Bonchev–Trinajstić information content (AvgIpc) is 2.35. The Morgan fingerprint density at radius 1 is 1.22 bits per heavy atom. The second-order valence-electron chi connectivity index (χ2n) is 5.97. The highest BCUT2D eigenvalue weighted by Gasteiger charge is 2.33. The lowest BCUT2D eigenvalue weighted by atomic mass is 10.1. The number of ether oxygens (including phenoxy) is 1. The van der Waals surface area contributed by atoms with Crippen molar-refractivity contribution in [3.63, 3.8) is 0 Å². The number of carbonyl (C=O) groups is 2. The third-order valence-electron chi connectivity index (χ3n) is 2.62. The first-order valence-corrected chi connectivity index (χ1v) is 6.94. The first-order valence-electron chi connectivity index (χ1n) is 6.94. The number of amides is 1. The standard InChI is InChI=1S/C15H19F3N2O3/c1-9(21)10-7-11(20-12(8-10)15(16,17)18)5-6-19-13(22)23-14(2,3)4/h7-8H,5-6H2,1-4H3,(H,19,22). The van der Waals surface area contributed by atoms with E-state index in [-0.39, 0.29) is 24.2 Å². The molecule has 0 aromatic carbocycles. The summed E-state index contributed by atoms with van der Waals surface area (Å²) in [5.41, 5.74) is -1.79. The molecule has 1 aromatic rings. The number of aromatic nitrogens is 1. The van der Waals surface area contributed by atoms with Gasteiger partial charge in [-0.3, -0.25) is 4.79 Å². The molecule has 0 spiro atoms. The van der Waals surface area contributed by atoms with Gasteiger partial charge in [0.15, 0.2) is 5.78 Å². The van der Waals surface area contributed by atoms with Crippen LogP contribution in [0.25, 0.3) is 0 Å². The molecule has 0 fully saturated rings. The zero-order valence-corrected chi connectivity index (χ0v) is 13.4. The molecule has 128 valence electrons. The molecular weight excluding hydrogens is 313 g/mol. The lowest BCUT2D eigenvalue weighted by molar-refractivity contribution is -0.141. The minimum atomic E-state index is -4.64. The van der Waals surface area contributed by atoms with E-state index in [2.05, 4.69) is 10.3 Å². The molecule has 1 aromatic heterocycles. The van der Waals surface area contributed by atoms with E-state index in [1.54, 1.807) is 20.8 Å². The van der Waals surface area contributed by atoms with E-state index in [1.165, 1.54) is 13.0 Å². The van der Waals surface area contributed by atoms with Gasteiger partial charge in [-0.15, -0.1) is 0 Å². The van der Waals surface area contributed by atoms with Gasteiger partial charge >= 0.3 is 12.3 Å². The third-order valence-corrected chi connectivity index (χ3v) is 2.62. The van der Waals surface area contributed by atoms with Gasteiger partial charge in [0.25, 0.3) is 0 Å². The predicted octanol–water partition coefficient (Wildman–Crippen LogP) is 3.37. The number of alkyl halides is 3. The Balaban J connectivity index is 2.78. The minimum Gasteiger partial charge on any atom is -0.444 e. The molecule has 8 heteroatoms. The van der Waals surface area contributed by atoms with Gasteiger partial charge in [0.05, 0.1) is 0 Å². The highest BCUT2D eigenvalue weighted by atomic mass is 19.4. The quantitative estimate of drug-likeness (QED) is 0.859. The van der Waals surface area contributed by atoms with E-state index >= 15 is 0 Å². The van der Waals surface area contributed by atoms with Gasteiger partial charge in [0.1, 0.15) is 11.3 Å². The monoisotopic (exact) mass is 332 g/mol. The van der Waals surface area contributed by atoms with Crippen LogP contribution in [0, 0.1) is 0 Å². The van der Waals surface area contributed by atoms with Gasteiger partial charge in [-0.05, 0) is 39.8 Å². The fraction of sp³-hybridized carbons (Fsp3) is 0.533. The SMILES string of the molecule is CC(=O)c1cc(CCNC(=O)OC(C)(C)C)nc(C(F)(F)F)c1. The van der Waals surface area contributed by atoms with Crippen LogP contribution in [0.3, 0.4) is 0 Å². The Labute approximate surface area is 132 Å². The van der Waals surface area contributed by atoms with Gasteiger partial charge < -0.3 is 10.1 Å². The molecule has 0 bridgehead atoms.